The van der Waals surface area contributed by atoms with Crippen molar-refractivity contribution in [3.05, 3.63) is 5.69 Å². The first-order valence-electron chi connectivity index (χ1n) is 3.65. The monoisotopic (exact) mass is 265 g/mol. The Morgan fingerprint density at radius 1 is 1.47 bits per heavy atom. The third-order valence-corrected chi connectivity index (χ3v) is 3.46. The first-order chi connectivity index (χ1) is 6.98. The highest BCUT2D eigenvalue weighted by molar-refractivity contribution is 8.13. The zero-order valence-electron chi connectivity index (χ0n) is 7.30. The number of hydrogen-bond donors (Lipinski definition) is 1. The number of hydrogen-bond acceptors (Lipinski definition) is 7. The molecule has 0 aliphatic heterocycles. The van der Waals surface area contributed by atoms with E-state index >= 15 is 0 Å². The van der Waals surface area contributed by atoms with Crippen molar-refractivity contribution in [2.24, 2.45) is 0 Å². The Kier molecular flexibility index (Phi) is 2.44. The second-order valence-electron chi connectivity index (χ2n) is 2.59. The molecule has 0 saturated heterocycles. The topological polar surface area (TPSA) is 101 Å². The van der Waals surface area contributed by atoms with Crippen LogP contribution in [0, 0.1) is 6.92 Å². The van der Waals surface area contributed by atoms with Crippen molar-refractivity contribution in [1.29, 1.82) is 0 Å². The molecular weight excluding hydrogens is 262 g/mol. The number of nitrogens with one attached hydrogen (secondary N) is 1. The Bertz CT molecular complexity index is 588. The van der Waals surface area contributed by atoms with Gasteiger partial charge in [0.25, 0.3) is 14.2 Å². The van der Waals surface area contributed by atoms with Gasteiger partial charge in [-0.2, -0.15) is 10.1 Å². The summed E-state index contributed by atoms with van der Waals surface area (Å²) in [5.41, 5.74) is 0.637. The summed E-state index contributed by atoms with van der Waals surface area (Å²) in [5.74, 6) is 0.224. The third kappa shape index (κ3) is 1.98. The number of halogens is 1. The van der Waals surface area contributed by atoms with Crippen LogP contribution < -0.4 is 0 Å². The van der Waals surface area contributed by atoms with Gasteiger partial charge in [0.2, 0.25) is 0 Å². The minimum Gasteiger partial charge on any atom is -0.248 e. The molecule has 0 aromatic carbocycles. The largest absolute Gasteiger partial charge is 0.296 e. The summed E-state index contributed by atoms with van der Waals surface area (Å²) in [5, 5.41) is 9.32. The molecule has 1 N–H and O–H groups in total. The summed E-state index contributed by atoms with van der Waals surface area (Å²) < 4.78 is 25.5. The van der Waals surface area contributed by atoms with E-state index in [-0.39, 0.29) is 11.0 Å². The predicted molar refractivity (Wildman–Crippen MR) is 53.1 cm³/mol. The molecule has 80 valence electrons. The molecule has 0 fully saturated rings. The van der Waals surface area contributed by atoms with E-state index in [4.69, 9.17) is 10.7 Å². The van der Waals surface area contributed by atoms with Crippen LogP contribution >= 0.6 is 22.2 Å². The number of H-pyrrole nitrogens is 1. The molecule has 0 amide bonds. The summed E-state index contributed by atoms with van der Waals surface area (Å²) in [6, 6.07) is 0. The van der Waals surface area contributed by atoms with Gasteiger partial charge < -0.3 is 0 Å². The van der Waals surface area contributed by atoms with Gasteiger partial charge in [-0.3, -0.25) is 0 Å². The molecule has 10 heteroatoms. The Morgan fingerprint density at radius 2 is 2.20 bits per heavy atom. The van der Waals surface area contributed by atoms with Gasteiger partial charge in [0.15, 0.2) is 5.82 Å². The van der Waals surface area contributed by atoms with Crippen LogP contribution in [0.2, 0.25) is 0 Å². The van der Waals surface area contributed by atoms with Gasteiger partial charge in [0, 0.05) is 10.7 Å². The Morgan fingerprint density at radius 3 is 2.67 bits per heavy atom. The van der Waals surface area contributed by atoms with Crippen molar-refractivity contribution < 1.29 is 8.42 Å². The molecule has 0 bridgehead atoms. The Labute approximate surface area is 93.1 Å². The maximum atomic E-state index is 10.9. The zero-order chi connectivity index (χ0) is 11.1. The van der Waals surface area contributed by atoms with E-state index in [2.05, 4.69) is 24.8 Å². The third-order valence-electron chi connectivity index (χ3n) is 1.55. The molecule has 0 unspecified atom stereocenters. The average molecular weight is 266 g/mol. The van der Waals surface area contributed by atoms with Crippen molar-refractivity contribution in [3.8, 4) is 10.7 Å². The lowest BCUT2D eigenvalue weighted by molar-refractivity contribution is 0.602. The van der Waals surface area contributed by atoms with Crippen molar-refractivity contribution >= 4 is 31.3 Å². The summed E-state index contributed by atoms with van der Waals surface area (Å²) in [4.78, 5) is 4.34. The molecule has 0 saturated carbocycles. The second-order valence-corrected chi connectivity index (χ2v) is 5.82. The molecule has 2 heterocycles. The fourth-order valence-electron chi connectivity index (χ4n) is 0.894. The second kappa shape index (κ2) is 3.51. The van der Waals surface area contributed by atoms with Gasteiger partial charge in [-0.15, -0.1) is 5.10 Å². The van der Waals surface area contributed by atoms with E-state index < -0.39 is 9.05 Å². The zero-order valence-corrected chi connectivity index (χ0v) is 9.69. The number of aryl methyl sites for hydroxylation is 1. The quantitative estimate of drug-likeness (QED) is 0.796. The molecule has 0 radical (unpaired) electrons. The van der Waals surface area contributed by atoms with Crippen LogP contribution in [0.5, 0.6) is 0 Å². The van der Waals surface area contributed by atoms with Crippen molar-refractivity contribution in [2.45, 2.75) is 12.1 Å². The highest BCUT2D eigenvalue weighted by Crippen LogP contribution is 2.22. The number of nitrogens with zero attached hydrogens (tertiary/aromatic N) is 4. The van der Waals surface area contributed by atoms with Crippen LogP contribution in [0.25, 0.3) is 10.7 Å². The van der Waals surface area contributed by atoms with Crippen LogP contribution in [0.1, 0.15) is 5.69 Å². The summed E-state index contributed by atoms with van der Waals surface area (Å²) >= 11 is 1.08. The van der Waals surface area contributed by atoms with Crippen molar-refractivity contribution in [2.75, 3.05) is 0 Å². The normalized spacial score (nSPS) is 11.9. The lowest BCUT2D eigenvalue weighted by Gasteiger charge is -1.86. The van der Waals surface area contributed by atoms with E-state index in [1.165, 1.54) is 0 Å². The van der Waals surface area contributed by atoms with Crippen molar-refractivity contribution in [1.82, 2.24) is 24.8 Å². The lowest BCUT2D eigenvalue weighted by atomic mass is 10.4. The standard InChI is InChI=1S/C5H4ClN5O2S2/c1-2-3(14-11-8-2)4-7-5(10-9-4)15(6,12)13/h1H3,(H,7,9,10). The van der Waals surface area contributed by atoms with E-state index in [9.17, 15) is 8.42 Å². The van der Waals surface area contributed by atoms with Gasteiger partial charge in [0.1, 0.15) is 4.88 Å². The highest BCUT2D eigenvalue weighted by Gasteiger charge is 2.18. The minimum atomic E-state index is -3.88. The molecule has 2 aromatic heterocycles. The van der Waals surface area contributed by atoms with Crippen LogP contribution in [0.3, 0.4) is 0 Å². The van der Waals surface area contributed by atoms with Gasteiger partial charge in [0.05, 0.1) is 5.69 Å². The smallest absolute Gasteiger partial charge is 0.248 e. The summed E-state index contributed by atoms with van der Waals surface area (Å²) in [6.07, 6.45) is 0. The van der Waals surface area contributed by atoms with Crippen molar-refractivity contribution in [3.63, 3.8) is 0 Å². The van der Waals surface area contributed by atoms with Crippen LogP contribution in [0.15, 0.2) is 5.16 Å². The number of aromatic nitrogens is 5. The van der Waals surface area contributed by atoms with Gasteiger partial charge in [-0.1, -0.05) is 4.49 Å². The fraction of sp³-hybridized carbons (Fsp3) is 0.200. The molecule has 0 aliphatic carbocycles. The van der Waals surface area contributed by atoms with Crippen LogP contribution in [-0.2, 0) is 9.05 Å². The van der Waals surface area contributed by atoms with E-state index in [1.807, 2.05) is 0 Å². The van der Waals surface area contributed by atoms with Crippen LogP contribution in [-0.4, -0.2) is 33.2 Å². The van der Waals surface area contributed by atoms with E-state index in [0.717, 1.165) is 11.5 Å². The maximum absolute atomic E-state index is 10.9. The molecule has 2 rings (SSSR count). The summed E-state index contributed by atoms with van der Waals surface area (Å²) in [7, 11) is 1.20. The predicted octanol–water partition coefficient (Wildman–Crippen LogP) is 0.559. The molecular formula is C5H4ClN5O2S2. The van der Waals surface area contributed by atoms with Gasteiger partial charge in [-0.05, 0) is 18.5 Å². The molecule has 2 aromatic rings. The average Bonchev–Trinajstić information content (AvgIpc) is 2.69. The number of rotatable bonds is 2. The Balaban J connectivity index is 2.50. The van der Waals surface area contributed by atoms with Crippen LogP contribution in [0.4, 0.5) is 0 Å². The first-order valence-corrected chi connectivity index (χ1v) is 6.73. The fourth-order valence-corrected chi connectivity index (χ4v) is 2.04. The number of aromatic amines is 1. The summed E-state index contributed by atoms with van der Waals surface area (Å²) in [6.45, 7) is 1.73. The lowest BCUT2D eigenvalue weighted by Crippen LogP contribution is -1.92. The molecule has 0 atom stereocenters. The molecule has 7 nitrogen and oxygen atoms in total. The minimum absolute atomic E-state index is 0.224. The highest BCUT2D eigenvalue weighted by atomic mass is 35.7. The molecule has 0 spiro atoms. The van der Waals surface area contributed by atoms with Gasteiger partial charge in [-0.25, -0.2) is 13.5 Å². The molecule has 15 heavy (non-hydrogen) atoms. The maximum Gasteiger partial charge on any atom is 0.296 e. The molecule has 0 aliphatic rings. The Hall–Kier alpha value is -1.06. The van der Waals surface area contributed by atoms with Gasteiger partial charge >= 0.3 is 0 Å². The van der Waals surface area contributed by atoms with E-state index in [1.54, 1.807) is 6.92 Å². The van der Waals surface area contributed by atoms with E-state index in [0.29, 0.717) is 10.6 Å². The SMILES string of the molecule is Cc1nnsc1-c1n[nH]c(S(=O)(=O)Cl)n1. The first kappa shape index (κ1) is 10.5.